The van der Waals surface area contributed by atoms with Crippen molar-refractivity contribution < 1.29 is 13.2 Å². The summed E-state index contributed by atoms with van der Waals surface area (Å²) < 4.78 is 32.6. The lowest BCUT2D eigenvalue weighted by molar-refractivity contribution is 0.0570. The van der Waals surface area contributed by atoms with Crippen molar-refractivity contribution in [2.24, 2.45) is 5.92 Å². The van der Waals surface area contributed by atoms with Crippen molar-refractivity contribution in [2.75, 3.05) is 19.8 Å². The van der Waals surface area contributed by atoms with E-state index in [0.29, 0.717) is 37.6 Å². The fourth-order valence-electron chi connectivity index (χ4n) is 2.61. The number of halogens is 1. The van der Waals surface area contributed by atoms with Crippen LogP contribution < -0.4 is 4.72 Å². The van der Waals surface area contributed by atoms with E-state index in [0.717, 1.165) is 5.56 Å². The Morgan fingerprint density at radius 1 is 1.35 bits per heavy atom. The highest BCUT2D eigenvalue weighted by atomic mass is 35.5. The average Bonchev–Trinajstić information content (AvgIpc) is 2.42. The molecule has 1 aliphatic rings. The van der Waals surface area contributed by atoms with Crippen LogP contribution in [-0.4, -0.2) is 33.4 Å². The van der Waals surface area contributed by atoms with Gasteiger partial charge < -0.3 is 4.74 Å². The minimum atomic E-state index is -3.27. The summed E-state index contributed by atoms with van der Waals surface area (Å²) in [7, 11) is -3.27. The second-order valence-corrected chi connectivity index (χ2v) is 7.46. The van der Waals surface area contributed by atoms with Crippen LogP contribution in [0.2, 0.25) is 5.02 Å². The third-order valence-corrected chi connectivity index (χ3v) is 5.92. The van der Waals surface area contributed by atoms with Crippen LogP contribution in [0, 0.1) is 5.92 Å². The van der Waals surface area contributed by atoms with Gasteiger partial charge in [-0.2, -0.15) is 0 Å². The maximum Gasteiger partial charge on any atom is 0.214 e. The monoisotopic (exact) mass is 317 g/mol. The second kappa shape index (κ2) is 6.89. The Bertz CT molecular complexity index is 530. The first-order valence-electron chi connectivity index (χ1n) is 6.83. The second-order valence-electron chi connectivity index (χ2n) is 5.04. The predicted molar refractivity (Wildman–Crippen MR) is 80.5 cm³/mol. The molecule has 1 aromatic rings. The van der Waals surface area contributed by atoms with Crippen LogP contribution in [0.15, 0.2) is 24.3 Å². The summed E-state index contributed by atoms with van der Waals surface area (Å²) in [5.41, 5.74) is 1.08. The van der Waals surface area contributed by atoms with Crippen LogP contribution in [0.4, 0.5) is 0 Å². The molecule has 1 N–H and O–H groups in total. The van der Waals surface area contributed by atoms with Gasteiger partial charge in [-0.05, 0) is 30.5 Å². The van der Waals surface area contributed by atoms with Crippen molar-refractivity contribution in [3.8, 4) is 0 Å². The van der Waals surface area contributed by atoms with Crippen LogP contribution >= 0.6 is 11.6 Å². The topological polar surface area (TPSA) is 55.4 Å². The number of hydrogen-bond acceptors (Lipinski definition) is 3. The Morgan fingerprint density at radius 3 is 2.70 bits per heavy atom. The fourth-order valence-corrected chi connectivity index (χ4v) is 4.44. The number of sulfonamides is 1. The molecule has 2 atom stereocenters. The average molecular weight is 318 g/mol. The normalized spacial score (nSPS) is 23.7. The molecular formula is C14H20ClNO3S. The summed E-state index contributed by atoms with van der Waals surface area (Å²) in [5, 5.41) is 0.303. The van der Waals surface area contributed by atoms with Crippen molar-refractivity contribution in [2.45, 2.75) is 25.0 Å². The summed E-state index contributed by atoms with van der Waals surface area (Å²) >= 11 is 5.87. The SMILES string of the molecule is CCNS(=O)(=O)C1CCOCC1Cc1ccc(Cl)cc1. The van der Waals surface area contributed by atoms with Gasteiger partial charge in [0.2, 0.25) is 10.0 Å². The Hall–Kier alpha value is -0.620. The molecule has 0 amide bonds. The first-order chi connectivity index (χ1) is 9.53. The summed E-state index contributed by atoms with van der Waals surface area (Å²) in [6.07, 6.45) is 1.24. The highest BCUT2D eigenvalue weighted by Crippen LogP contribution is 2.25. The summed E-state index contributed by atoms with van der Waals surface area (Å²) in [6.45, 7) is 3.21. The Kier molecular flexibility index (Phi) is 5.43. The largest absolute Gasteiger partial charge is 0.381 e. The number of ether oxygens (including phenoxy) is 1. The zero-order valence-electron chi connectivity index (χ0n) is 11.5. The summed E-state index contributed by atoms with van der Waals surface area (Å²) in [5.74, 6) is -0.0195. The van der Waals surface area contributed by atoms with E-state index in [-0.39, 0.29) is 11.2 Å². The van der Waals surface area contributed by atoms with E-state index < -0.39 is 10.0 Å². The number of benzene rings is 1. The molecule has 0 radical (unpaired) electrons. The zero-order valence-corrected chi connectivity index (χ0v) is 13.1. The van der Waals surface area contributed by atoms with Crippen LogP contribution in [0.25, 0.3) is 0 Å². The molecule has 0 spiro atoms. The molecule has 4 nitrogen and oxygen atoms in total. The molecule has 2 rings (SSSR count). The van der Waals surface area contributed by atoms with Crippen molar-refractivity contribution in [1.29, 1.82) is 0 Å². The van der Waals surface area contributed by atoms with Gasteiger partial charge in [0.15, 0.2) is 0 Å². The highest BCUT2D eigenvalue weighted by molar-refractivity contribution is 7.90. The molecule has 2 unspecified atom stereocenters. The minimum absolute atomic E-state index is 0.0195. The third kappa shape index (κ3) is 3.95. The quantitative estimate of drug-likeness (QED) is 0.906. The number of rotatable bonds is 5. The molecule has 1 fully saturated rings. The fraction of sp³-hybridized carbons (Fsp3) is 0.571. The Balaban J connectivity index is 2.13. The van der Waals surface area contributed by atoms with Crippen LogP contribution in [-0.2, 0) is 21.2 Å². The van der Waals surface area contributed by atoms with Gasteiger partial charge in [-0.25, -0.2) is 13.1 Å². The van der Waals surface area contributed by atoms with E-state index in [2.05, 4.69) is 4.72 Å². The third-order valence-electron chi connectivity index (χ3n) is 3.56. The number of nitrogens with one attached hydrogen (secondary N) is 1. The zero-order chi connectivity index (χ0) is 14.6. The molecular weight excluding hydrogens is 298 g/mol. The molecule has 112 valence electrons. The lowest BCUT2D eigenvalue weighted by atomic mass is 9.94. The lowest BCUT2D eigenvalue weighted by Crippen LogP contribution is -2.44. The van der Waals surface area contributed by atoms with Gasteiger partial charge in [-0.15, -0.1) is 0 Å². The van der Waals surface area contributed by atoms with Crippen LogP contribution in [0.1, 0.15) is 18.9 Å². The first kappa shape index (κ1) is 15.8. The van der Waals surface area contributed by atoms with Crippen molar-refractivity contribution >= 4 is 21.6 Å². The molecule has 1 heterocycles. The molecule has 0 bridgehead atoms. The molecule has 0 aliphatic carbocycles. The van der Waals surface area contributed by atoms with E-state index in [9.17, 15) is 8.42 Å². The Labute approximate surface area is 125 Å². The summed E-state index contributed by atoms with van der Waals surface area (Å²) in [4.78, 5) is 0. The van der Waals surface area contributed by atoms with Gasteiger partial charge in [-0.3, -0.25) is 0 Å². The maximum absolute atomic E-state index is 12.3. The molecule has 0 saturated carbocycles. The van der Waals surface area contributed by atoms with Gasteiger partial charge in [0.25, 0.3) is 0 Å². The van der Waals surface area contributed by atoms with E-state index in [4.69, 9.17) is 16.3 Å². The molecule has 1 aromatic carbocycles. The molecule has 1 saturated heterocycles. The number of hydrogen-bond donors (Lipinski definition) is 1. The van der Waals surface area contributed by atoms with Gasteiger partial charge >= 0.3 is 0 Å². The van der Waals surface area contributed by atoms with E-state index in [1.165, 1.54) is 0 Å². The van der Waals surface area contributed by atoms with Crippen molar-refractivity contribution in [3.05, 3.63) is 34.9 Å². The first-order valence-corrected chi connectivity index (χ1v) is 8.76. The van der Waals surface area contributed by atoms with Gasteiger partial charge in [0.1, 0.15) is 0 Å². The molecule has 6 heteroatoms. The van der Waals surface area contributed by atoms with E-state index in [1.807, 2.05) is 24.3 Å². The van der Waals surface area contributed by atoms with Crippen molar-refractivity contribution in [3.63, 3.8) is 0 Å². The lowest BCUT2D eigenvalue weighted by Gasteiger charge is -2.31. The van der Waals surface area contributed by atoms with Crippen LogP contribution in [0.5, 0.6) is 0 Å². The van der Waals surface area contributed by atoms with Gasteiger partial charge in [0.05, 0.1) is 11.9 Å². The predicted octanol–water partition coefficient (Wildman–Crippen LogP) is 2.23. The Morgan fingerprint density at radius 2 is 2.05 bits per heavy atom. The summed E-state index contributed by atoms with van der Waals surface area (Å²) in [6, 6.07) is 7.53. The smallest absolute Gasteiger partial charge is 0.214 e. The molecule has 20 heavy (non-hydrogen) atoms. The maximum atomic E-state index is 12.3. The van der Waals surface area contributed by atoms with Gasteiger partial charge in [-0.1, -0.05) is 30.7 Å². The standard InChI is InChI=1S/C14H20ClNO3S/c1-2-16-20(17,18)14-7-8-19-10-12(14)9-11-3-5-13(15)6-4-11/h3-6,12,14,16H,2,7-10H2,1H3. The van der Waals surface area contributed by atoms with Crippen molar-refractivity contribution in [1.82, 2.24) is 4.72 Å². The molecule has 0 aromatic heterocycles. The van der Waals surface area contributed by atoms with E-state index >= 15 is 0 Å². The minimum Gasteiger partial charge on any atom is -0.381 e. The van der Waals surface area contributed by atoms with E-state index in [1.54, 1.807) is 6.92 Å². The highest BCUT2D eigenvalue weighted by Gasteiger charge is 2.35. The van der Waals surface area contributed by atoms with Crippen LogP contribution in [0.3, 0.4) is 0 Å². The molecule has 1 aliphatic heterocycles. The van der Waals surface area contributed by atoms with Gasteiger partial charge in [0, 0.05) is 24.1 Å².